The number of piperidine rings is 1. The van der Waals surface area contributed by atoms with Crippen LogP contribution >= 0.6 is 0 Å². The molecular formula is C30H32N2O4. The first-order valence-corrected chi connectivity index (χ1v) is 12.6. The maximum Gasteiger partial charge on any atom is 0.340 e. The van der Waals surface area contributed by atoms with E-state index in [2.05, 4.69) is 9.47 Å². The fourth-order valence-corrected chi connectivity index (χ4v) is 5.21. The molecule has 5 rings (SSSR count). The zero-order chi connectivity index (χ0) is 25.1. The van der Waals surface area contributed by atoms with Crippen LogP contribution in [0, 0.1) is 0 Å². The number of esters is 1. The first-order chi connectivity index (χ1) is 17.6. The molecule has 1 aliphatic rings. The number of phenolic OH excluding ortho intramolecular Hbond substituents is 1. The quantitative estimate of drug-likeness (QED) is 0.318. The highest BCUT2D eigenvalue weighted by atomic mass is 16.5. The number of hydrogen-bond acceptors (Lipinski definition) is 5. The van der Waals surface area contributed by atoms with Crippen LogP contribution in [0.3, 0.4) is 0 Å². The number of benzene rings is 3. The Labute approximate surface area is 211 Å². The second-order valence-electron chi connectivity index (χ2n) is 9.14. The van der Waals surface area contributed by atoms with E-state index in [4.69, 9.17) is 9.47 Å². The van der Waals surface area contributed by atoms with E-state index in [1.807, 2.05) is 67.6 Å². The molecule has 0 saturated carbocycles. The summed E-state index contributed by atoms with van der Waals surface area (Å²) in [5.74, 6) is 0.542. The predicted octanol–water partition coefficient (Wildman–Crippen LogP) is 6.17. The average molecular weight is 485 g/mol. The first kappa shape index (κ1) is 23.9. The zero-order valence-electron chi connectivity index (χ0n) is 20.9. The van der Waals surface area contributed by atoms with E-state index in [1.165, 1.54) is 6.42 Å². The summed E-state index contributed by atoms with van der Waals surface area (Å²) in [5, 5.41) is 11.8. The summed E-state index contributed by atoms with van der Waals surface area (Å²) < 4.78 is 13.1. The third-order valence-electron chi connectivity index (χ3n) is 6.91. The van der Waals surface area contributed by atoms with Crippen molar-refractivity contribution in [3.8, 4) is 28.4 Å². The van der Waals surface area contributed by atoms with Gasteiger partial charge in [0.1, 0.15) is 11.5 Å². The third kappa shape index (κ3) is 4.44. The number of methoxy groups -OCH3 is 1. The van der Waals surface area contributed by atoms with Gasteiger partial charge in [-0.3, -0.25) is 4.90 Å². The number of carbonyl (C=O) groups is 1. The highest BCUT2D eigenvalue weighted by Crippen LogP contribution is 2.42. The maximum absolute atomic E-state index is 13.6. The van der Waals surface area contributed by atoms with Crippen LogP contribution in [-0.4, -0.2) is 47.3 Å². The number of likely N-dealkylation sites (tertiary alicyclic amines) is 1. The summed E-state index contributed by atoms with van der Waals surface area (Å²) in [6.07, 6.45) is 3.51. The lowest BCUT2D eigenvalue weighted by atomic mass is 9.99. The van der Waals surface area contributed by atoms with Crippen molar-refractivity contribution in [2.75, 3.05) is 26.8 Å². The number of ether oxygens (including phenoxy) is 2. The molecule has 4 aromatic rings. The maximum atomic E-state index is 13.6. The van der Waals surface area contributed by atoms with Crippen LogP contribution in [-0.2, 0) is 11.3 Å². The van der Waals surface area contributed by atoms with Crippen LogP contribution in [0.1, 0.15) is 42.1 Å². The summed E-state index contributed by atoms with van der Waals surface area (Å²) in [6, 6.07) is 21.3. The minimum Gasteiger partial charge on any atom is -0.508 e. The Morgan fingerprint density at radius 2 is 1.67 bits per heavy atom. The molecule has 0 spiro atoms. The van der Waals surface area contributed by atoms with Crippen molar-refractivity contribution in [3.05, 3.63) is 77.9 Å². The van der Waals surface area contributed by atoms with Crippen LogP contribution in [0.15, 0.2) is 66.7 Å². The molecule has 1 aliphatic heterocycles. The van der Waals surface area contributed by atoms with Crippen LogP contribution in [0.25, 0.3) is 27.8 Å². The van der Waals surface area contributed by atoms with Gasteiger partial charge in [0.25, 0.3) is 0 Å². The van der Waals surface area contributed by atoms with Crippen molar-refractivity contribution in [3.63, 3.8) is 0 Å². The van der Waals surface area contributed by atoms with Crippen molar-refractivity contribution in [1.82, 2.24) is 9.47 Å². The van der Waals surface area contributed by atoms with Crippen LogP contribution in [0.2, 0.25) is 0 Å². The molecule has 0 aliphatic carbocycles. The van der Waals surface area contributed by atoms with Crippen LogP contribution in [0.5, 0.6) is 11.5 Å². The molecule has 6 nitrogen and oxygen atoms in total. The number of phenols is 1. The molecule has 2 heterocycles. The van der Waals surface area contributed by atoms with Crippen molar-refractivity contribution in [2.45, 2.75) is 32.7 Å². The molecule has 0 amide bonds. The van der Waals surface area contributed by atoms with E-state index in [1.54, 1.807) is 13.2 Å². The molecule has 36 heavy (non-hydrogen) atoms. The lowest BCUT2D eigenvalue weighted by Crippen LogP contribution is -2.29. The van der Waals surface area contributed by atoms with Gasteiger partial charge in [-0.2, -0.15) is 0 Å². The fourth-order valence-electron chi connectivity index (χ4n) is 5.21. The Morgan fingerprint density at radius 1 is 0.944 bits per heavy atom. The van der Waals surface area contributed by atoms with Gasteiger partial charge in [0.2, 0.25) is 0 Å². The van der Waals surface area contributed by atoms with Gasteiger partial charge in [0.15, 0.2) is 0 Å². The van der Waals surface area contributed by atoms with Crippen molar-refractivity contribution in [2.24, 2.45) is 0 Å². The standard InChI is InChI=1S/C30H32N2O4/c1-3-36-30(34)28-27-24(20-31-18-8-5-9-19-31)26(33)17-16-25(27)32(22-10-6-4-7-11-22)29(28)21-12-14-23(35-2)15-13-21/h4,6-7,10-17,33H,3,5,8-9,18-20H2,1-2H3. The number of carbonyl (C=O) groups excluding carboxylic acids is 1. The average Bonchev–Trinajstić information content (AvgIpc) is 3.27. The molecule has 0 radical (unpaired) electrons. The Hall–Kier alpha value is -3.77. The van der Waals surface area contributed by atoms with E-state index >= 15 is 0 Å². The summed E-state index contributed by atoms with van der Waals surface area (Å²) in [5.41, 5.74) is 4.63. The van der Waals surface area contributed by atoms with Gasteiger partial charge in [-0.15, -0.1) is 0 Å². The Morgan fingerprint density at radius 3 is 2.33 bits per heavy atom. The molecule has 6 heteroatoms. The highest BCUT2D eigenvalue weighted by Gasteiger charge is 2.29. The Bertz CT molecular complexity index is 1350. The van der Waals surface area contributed by atoms with Gasteiger partial charge < -0.3 is 19.1 Å². The monoisotopic (exact) mass is 484 g/mol. The molecule has 0 atom stereocenters. The molecular weight excluding hydrogens is 452 g/mol. The second kappa shape index (κ2) is 10.5. The largest absolute Gasteiger partial charge is 0.508 e. The van der Waals surface area contributed by atoms with E-state index in [9.17, 15) is 9.90 Å². The second-order valence-corrected chi connectivity index (χ2v) is 9.14. The zero-order valence-corrected chi connectivity index (χ0v) is 20.9. The fraction of sp³-hybridized carbons (Fsp3) is 0.300. The molecule has 1 N–H and O–H groups in total. The number of fused-ring (bicyclic) bond motifs is 1. The minimum atomic E-state index is -0.395. The topological polar surface area (TPSA) is 63.9 Å². The SMILES string of the molecule is CCOC(=O)c1c(-c2ccc(OC)cc2)n(-c2ccccc2)c2ccc(O)c(CN3CCCCC3)c12. The molecule has 3 aromatic carbocycles. The third-order valence-corrected chi connectivity index (χ3v) is 6.91. The summed E-state index contributed by atoms with van der Waals surface area (Å²) in [4.78, 5) is 16.0. The number of aromatic nitrogens is 1. The lowest BCUT2D eigenvalue weighted by molar-refractivity contribution is 0.0529. The molecule has 0 bridgehead atoms. The molecule has 1 aromatic heterocycles. The van der Waals surface area contributed by atoms with E-state index in [-0.39, 0.29) is 12.4 Å². The predicted molar refractivity (Wildman–Crippen MR) is 142 cm³/mol. The van der Waals surface area contributed by atoms with E-state index in [0.717, 1.165) is 65.1 Å². The first-order valence-electron chi connectivity index (χ1n) is 12.6. The van der Waals surface area contributed by atoms with Gasteiger partial charge in [0, 0.05) is 23.2 Å². The summed E-state index contributed by atoms with van der Waals surface area (Å²) >= 11 is 0. The molecule has 1 fully saturated rings. The van der Waals surface area contributed by atoms with Crippen LogP contribution < -0.4 is 4.74 Å². The lowest BCUT2D eigenvalue weighted by Gasteiger charge is -2.27. The molecule has 1 saturated heterocycles. The highest BCUT2D eigenvalue weighted by molar-refractivity contribution is 6.13. The van der Waals surface area contributed by atoms with Crippen molar-refractivity contribution >= 4 is 16.9 Å². The van der Waals surface area contributed by atoms with Gasteiger partial charge in [0.05, 0.1) is 30.5 Å². The van der Waals surface area contributed by atoms with Crippen molar-refractivity contribution < 1.29 is 19.4 Å². The van der Waals surface area contributed by atoms with Gasteiger partial charge in [-0.05, 0) is 86.9 Å². The smallest absolute Gasteiger partial charge is 0.340 e. The number of hydrogen-bond donors (Lipinski definition) is 1. The molecule has 186 valence electrons. The Balaban J connectivity index is 1.84. The van der Waals surface area contributed by atoms with E-state index < -0.39 is 5.97 Å². The van der Waals surface area contributed by atoms with Crippen molar-refractivity contribution in [1.29, 1.82) is 0 Å². The van der Waals surface area contributed by atoms with Gasteiger partial charge >= 0.3 is 5.97 Å². The Kier molecular flexibility index (Phi) is 6.96. The normalized spacial score (nSPS) is 14.2. The number of para-hydroxylation sites is 1. The number of nitrogens with zero attached hydrogens (tertiary/aromatic N) is 2. The molecule has 0 unspecified atom stereocenters. The minimum absolute atomic E-state index is 0.199. The van der Waals surface area contributed by atoms with E-state index in [0.29, 0.717) is 12.1 Å². The number of aromatic hydroxyl groups is 1. The van der Waals surface area contributed by atoms with Gasteiger partial charge in [-0.25, -0.2) is 4.79 Å². The van der Waals surface area contributed by atoms with Gasteiger partial charge in [-0.1, -0.05) is 24.6 Å². The summed E-state index contributed by atoms with van der Waals surface area (Å²) in [6.45, 7) is 4.62. The number of rotatable bonds is 7. The summed E-state index contributed by atoms with van der Waals surface area (Å²) in [7, 11) is 1.63. The van der Waals surface area contributed by atoms with Crippen LogP contribution in [0.4, 0.5) is 0 Å².